The first kappa shape index (κ1) is 18.4. The molecule has 0 saturated carbocycles. The summed E-state index contributed by atoms with van der Waals surface area (Å²) in [4.78, 5) is 14.7. The summed E-state index contributed by atoms with van der Waals surface area (Å²) in [6, 6.07) is 4.51. The number of halogens is 2. The van der Waals surface area contributed by atoms with Crippen molar-refractivity contribution in [2.24, 2.45) is 5.92 Å². The smallest absolute Gasteiger partial charge is 0.387 e. The summed E-state index contributed by atoms with van der Waals surface area (Å²) in [5.41, 5.74) is 0.0535. The van der Waals surface area contributed by atoms with Crippen LogP contribution >= 0.6 is 0 Å². The Morgan fingerprint density at radius 2 is 2.25 bits per heavy atom. The third kappa shape index (κ3) is 4.80. The highest BCUT2D eigenvalue weighted by atomic mass is 19.3. The molecule has 0 bridgehead atoms. The van der Waals surface area contributed by atoms with Crippen LogP contribution in [0, 0.1) is 5.92 Å². The second-order valence-electron chi connectivity index (χ2n) is 5.83. The Balaban J connectivity index is 2.03. The van der Waals surface area contributed by atoms with E-state index in [9.17, 15) is 13.6 Å². The Morgan fingerprint density at radius 1 is 1.46 bits per heavy atom. The summed E-state index contributed by atoms with van der Waals surface area (Å²) in [6.07, 6.45) is 2.16. The van der Waals surface area contributed by atoms with Crippen LogP contribution in [0.1, 0.15) is 30.1 Å². The van der Waals surface area contributed by atoms with Crippen molar-refractivity contribution in [3.8, 4) is 11.5 Å². The molecule has 1 unspecified atom stereocenters. The van der Waals surface area contributed by atoms with Gasteiger partial charge in [-0.2, -0.15) is 8.78 Å². The van der Waals surface area contributed by atoms with Crippen LogP contribution in [0.4, 0.5) is 8.78 Å². The van der Waals surface area contributed by atoms with Gasteiger partial charge >= 0.3 is 6.61 Å². The molecule has 134 valence electrons. The van der Waals surface area contributed by atoms with Gasteiger partial charge in [0.25, 0.3) is 5.91 Å². The molecule has 1 saturated heterocycles. The first-order valence-corrected chi connectivity index (χ1v) is 8.17. The van der Waals surface area contributed by atoms with Gasteiger partial charge in [0, 0.05) is 13.1 Å². The van der Waals surface area contributed by atoms with Crippen molar-refractivity contribution in [3.63, 3.8) is 0 Å². The molecule has 1 amide bonds. The van der Waals surface area contributed by atoms with E-state index in [1.54, 1.807) is 6.07 Å². The summed E-state index contributed by atoms with van der Waals surface area (Å²) in [6.45, 7) is 2.63. The van der Waals surface area contributed by atoms with Gasteiger partial charge in [0.15, 0.2) is 11.5 Å². The zero-order valence-corrected chi connectivity index (χ0v) is 14.1. The number of carbonyl (C=O) groups excluding carboxylic acids is 1. The standard InChI is InChI=1S/C17H24F2N2O3/c1-3-21-9-5-6-12(11-21)10-20-16(22)13-7-4-8-14(23-2)15(13)24-17(18)19/h4,7-8,12,17H,3,5-6,9-11H2,1-2H3,(H,20,22). The predicted molar refractivity (Wildman–Crippen MR) is 86.8 cm³/mol. The van der Waals surface area contributed by atoms with Crippen molar-refractivity contribution in [2.45, 2.75) is 26.4 Å². The Labute approximate surface area is 140 Å². The molecule has 1 aromatic carbocycles. The number of nitrogens with zero attached hydrogens (tertiary/aromatic N) is 1. The molecule has 0 aliphatic carbocycles. The van der Waals surface area contributed by atoms with E-state index in [1.807, 2.05) is 0 Å². The van der Waals surface area contributed by atoms with E-state index in [2.05, 4.69) is 21.9 Å². The molecule has 2 rings (SSSR count). The van der Waals surface area contributed by atoms with E-state index in [1.165, 1.54) is 19.2 Å². The Morgan fingerprint density at radius 3 is 2.92 bits per heavy atom. The lowest BCUT2D eigenvalue weighted by Crippen LogP contribution is -2.40. The van der Waals surface area contributed by atoms with Gasteiger partial charge in [-0.1, -0.05) is 13.0 Å². The number of alkyl halides is 2. The maximum absolute atomic E-state index is 12.6. The number of likely N-dealkylation sites (tertiary alicyclic amines) is 1. The van der Waals surface area contributed by atoms with Crippen LogP contribution in [-0.2, 0) is 0 Å². The number of para-hydroxylation sites is 1. The minimum Gasteiger partial charge on any atom is -0.493 e. The monoisotopic (exact) mass is 342 g/mol. The van der Waals surface area contributed by atoms with Gasteiger partial charge in [0.1, 0.15) is 0 Å². The number of methoxy groups -OCH3 is 1. The van der Waals surface area contributed by atoms with Crippen molar-refractivity contribution < 1.29 is 23.0 Å². The number of hydrogen-bond acceptors (Lipinski definition) is 4. The summed E-state index contributed by atoms with van der Waals surface area (Å²) in [5, 5.41) is 2.83. The van der Waals surface area contributed by atoms with Crippen LogP contribution in [0.2, 0.25) is 0 Å². The molecular weight excluding hydrogens is 318 g/mol. The molecule has 0 aromatic heterocycles. The van der Waals surface area contributed by atoms with E-state index in [-0.39, 0.29) is 17.1 Å². The lowest BCUT2D eigenvalue weighted by atomic mass is 9.98. The molecule has 5 nitrogen and oxygen atoms in total. The van der Waals surface area contributed by atoms with Crippen LogP contribution in [0.3, 0.4) is 0 Å². The lowest BCUT2D eigenvalue weighted by molar-refractivity contribution is -0.0515. The molecule has 1 fully saturated rings. The number of ether oxygens (including phenoxy) is 2. The summed E-state index contributed by atoms with van der Waals surface area (Å²) >= 11 is 0. The fourth-order valence-corrected chi connectivity index (χ4v) is 3.00. The normalized spacial score (nSPS) is 18.5. The molecule has 7 heteroatoms. The van der Waals surface area contributed by atoms with Crippen LogP contribution in [-0.4, -0.2) is 50.7 Å². The van der Waals surface area contributed by atoms with Gasteiger partial charge in [0.2, 0.25) is 0 Å². The number of hydrogen-bond donors (Lipinski definition) is 1. The van der Waals surface area contributed by atoms with Gasteiger partial charge in [-0.05, 0) is 44.0 Å². The molecule has 0 spiro atoms. The van der Waals surface area contributed by atoms with E-state index in [0.717, 1.165) is 32.5 Å². The minimum absolute atomic E-state index is 0.0535. The van der Waals surface area contributed by atoms with Crippen LogP contribution in [0.5, 0.6) is 11.5 Å². The average Bonchev–Trinajstić information content (AvgIpc) is 2.59. The lowest BCUT2D eigenvalue weighted by Gasteiger charge is -2.31. The van der Waals surface area contributed by atoms with Gasteiger partial charge in [0.05, 0.1) is 12.7 Å². The third-order valence-corrected chi connectivity index (χ3v) is 4.25. The van der Waals surface area contributed by atoms with Gasteiger partial charge < -0.3 is 19.7 Å². The molecule has 0 radical (unpaired) electrons. The fraction of sp³-hybridized carbons (Fsp3) is 0.588. The van der Waals surface area contributed by atoms with Gasteiger partial charge in [-0.15, -0.1) is 0 Å². The molecular formula is C17H24F2N2O3. The number of nitrogens with one attached hydrogen (secondary N) is 1. The second-order valence-corrected chi connectivity index (χ2v) is 5.83. The zero-order chi connectivity index (χ0) is 17.5. The van der Waals surface area contributed by atoms with Gasteiger partial charge in [-0.25, -0.2) is 0 Å². The third-order valence-electron chi connectivity index (χ3n) is 4.25. The zero-order valence-electron chi connectivity index (χ0n) is 14.1. The minimum atomic E-state index is -3.02. The van der Waals surface area contributed by atoms with Crippen molar-refractivity contribution >= 4 is 5.91 Å². The number of piperidine rings is 1. The fourth-order valence-electron chi connectivity index (χ4n) is 3.00. The summed E-state index contributed by atoms with van der Waals surface area (Å²) in [5.74, 6) is -0.185. The Bertz CT molecular complexity index is 555. The molecule has 1 atom stereocenters. The number of rotatable bonds is 7. The highest BCUT2D eigenvalue weighted by molar-refractivity contribution is 5.97. The summed E-state index contributed by atoms with van der Waals surface area (Å²) in [7, 11) is 1.34. The number of benzene rings is 1. The highest BCUT2D eigenvalue weighted by Gasteiger charge is 2.23. The Kier molecular flexibility index (Phi) is 6.78. The van der Waals surface area contributed by atoms with E-state index >= 15 is 0 Å². The van der Waals surface area contributed by atoms with Crippen LogP contribution < -0.4 is 14.8 Å². The van der Waals surface area contributed by atoms with E-state index < -0.39 is 12.5 Å². The maximum Gasteiger partial charge on any atom is 0.387 e. The van der Waals surface area contributed by atoms with Crippen molar-refractivity contribution in [3.05, 3.63) is 23.8 Å². The first-order chi connectivity index (χ1) is 11.5. The van der Waals surface area contributed by atoms with Crippen molar-refractivity contribution in [1.29, 1.82) is 0 Å². The highest BCUT2D eigenvalue weighted by Crippen LogP contribution is 2.32. The SMILES string of the molecule is CCN1CCCC(CNC(=O)c2cccc(OC)c2OC(F)F)C1. The average molecular weight is 342 g/mol. The summed E-state index contributed by atoms with van der Waals surface area (Å²) < 4.78 is 34.8. The van der Waals surface area contributed by atoms with Crippen molar-refractivity contribution in [1.82, 2.24) is 10.2 Å². The van der Waals surface area contributed by atoms with Crippen molar-refractivity contribution in [2.75, 3.05) is 33.3 Å². The number of amides is 1. The topological polar surface area (TPSA) is 50.8 Å². The molecule has 24 heavy (non-hydrogen) atoms. The number of carbonyl (C=O) groups is 1. The van der Waals surface area contributed by atoms with Crippen LogP contribution in [0.15, 0.2) is 18.2 Å². The van der Waals surface area contributed by atoms with E-state index in [0.29, 0.717) is 12.5 Å². The molecule has 1 heterocycles. The molecule has 1 aliphatic rings. The van der Waals surface area contributed by atoms with Crippen LogP contribution in [0.25, 0.3) is 0 Å². The Hall–Kier alpha value is -1.89. The molecule has 1 N–H and O–H groups in total. The van der Waals surface area contributed by atoms with Gasteiger partial charge in [-0.3, -0.25) is 4.79 Å². The predicted octanol–water partition coefficient (Wildman–Crippen LogP) is 2.76. The first-order valence-electron chi connectivity index (χ1n) is 8.17. The quantitative estimate of drug-likeness (QED) is 0.828. The second kappa shape index (κ2) is 8.82. The maximum atomic E-state index is 12.6. The molecule has 1 aromatic rings. The van der Waals surface area contributed by atoms with E-state index in [4.69, 9.17) is 4.74 Å². The molecule has 1 aliphatic heterocycles. The largest absolute Gasteiger partial charge is 0.493 e.